The maximum absolute atomic E-state index is 13.0. The summed E-state index contributed by atoms with van der Waals surface area (Å²) in [6.45, 7) is 0.956. The highest BCUT2D eigenvalue weighted by atomic mass is 16.5. The van der Waals surface area contributed by atoms with E-state index in [1.54, 1.807) is 48.3 Å². The van der Waals surface area contributed by atoms with Crippen LogP contribution in [0.2, 0.25) is 0 Å². The van der Waals surface area contributed by atoms with Gasteiger partial charge < -0.3 is 19.4 Å². The summed E-state index contributed by atoms with van der Waals surface area (Å²) in [4.78, 5) is 27.1. The van der Waals surface area contributed by atoms with Crippen molar-refractivity contribution in [3.63, 3.8) is 0 Å². The van der Waals surface area contributed by atoms with E-state index in [2.05, 4.69) is 5.32 Å². The summed E-state index contributed by atoms with van der Waals surface area (Å²) in [5, 5.41) is 2.71. The third-order valence-corrected chi connectivity index (χ3v) is 4.34. The largest absolute Gasteiger partial charge is 0.494 e. The topological polar surface area (TPSA) is 71.8 Å². The Morgan fingerprint density at radius 2 is 1.70 bits per heavy atom. The highest BCUT2D eigenvalue weighted by molar-refractivity contribution is 6.05. The van der Waals surface area contributed by atoms with Crippen LogP contribution < -0.4 is 10.1 Å². The lowest BCUT2D eigenvalue weighted by Crippen LogP contribution is -2.37. The molecule has 1 heterocycles. The van der Waals surface area contributed by atoms with Gasteiger partial charge in [0.15, 0.2) is 0 Å². The Hall–Kier alpha value is -3.80. The fraction of sp³-hybridized carbons (Fsp3) is 0.167. The van der Waals surface area contributed by atoms with Crippen LogP contribution in [0.15, 0.2) is 89.2 Å². The molecule has 30 heavy (non-hydrogen) atoms. The van der Waals surface area contributed by atoms with E-state index in [4.69, 9.17) is 9.15 Å². The van der Waals surface area contributed by atoms with E-state index >= 15 is 0 Å². The molecule has 2 amide bonds. The van der Waals surface area contributed by atoms with Gasteiger partial charge in [-0.1, -0.05) is 36.4 Å². The molecule has 1 N–H and O–H groups in total. The van der Waals surface area contributed by atoms with Gasteiger partial charge in [-0.3, -0.25) is 9.59 Å². The molecule has 0 spiro atoms. The molecule has 2 aromatic carbocycles. The number of rotatable bonds is 9. The van der Waals surface area contributed by atoms with Crippen LogP contribution >= 0.6 is 0 Å². The molecular formula is C24H24N2O4. The van der Waals surface area contributed by atoms with Crippen molar-refractivity contribution in [2.45, 2.75) is 6.42 Å². The van der Waals surface area contributed by atoms with E-state index in [0.29, 0.717) is 30.9 Å². The van der Waals surface area contributed by atoms with Crippen molar-refractivity contribution < 1.29 is 18.7 Å². The lowest BCUT2D eigenvalue weighted by Gasteiger charge is -2.19. The SMILES string of the molecule is CN(CCCOc1ccccc1)C(=O)/C(=C/c1ccco1)NC(=O)c1ccccc1. The van der Waals surface area contributed by atoms with Crippen LogP contribution in [0.5, 0.6) is 5.75 Å². The average molecular weight is 404 g/mol. The molecule has 0 saturated heterocycles. The maximum Gasteiger partial charge on any atom is 0.270 e. The first kappa shape index (κ1) is 20.9. The van der Waals surface area contributed by atoms with Crippen LogP contribution in [0.3, 0.4) is 0 Å². The molecule has 0 aliphatic rings. The quantitative estimate of drug-likeness (QED) is 0.433. The Morgan fingerprint density at radius 3 is 2.37 bits per heavy atom. The van der Waals surface area contributed by atoms with Crippen molar-refractivity contribution in [1.82, 2.24) is 10.2 Å². The monoisotopic (exact) mass is 404 g/mol. The predicted molar refractivity (Wildman–Crippen MR) is 115 cm³/mol. The van der Waals surface area contributed by atoms with E-state index in [-0.39, 0.29) is 17.5 Å². The number of likely N-dealkylation sites (N-methyl/N-ethyl adjacent to an activating group) is 1. The number of para-hydroxylation sites is 1. The van der Waals surface area contributed by atoms with Crippen LogP contribution in [-0.2, 0) is 4.79 Å². The van der Waals surface area contributed by atoms with Gasteiger partial charge in [0.1, 0.15) is 17.2 Å². The lowest BCUT2D eigenvalue weighted by atomic mass is 10.2. The summed E-state index contributed by atoms with van der Waals surface area (Å²) in [6.07, 6.45) is 3.69. The summed E-state index contributed by atoms with van der Waals surface area (Å²) >= 11 is 0. The predicted octanol–water partition coefficient (Wildman–Crippen LogP) is 3.98. The molecular weight excluding hydrogens is 380 g/mol. The first-order chi connectivity index (χ1) is 14.6. The summed E-state index contributed by atoms with van der Waals surface area (Å²) in [6, 6.07) is 21.7. The highest BCUT2D eigenvalue weighted by Crippen LogP contribution is 2.11. The Kier molecular flexibility index (Phi) is 7.44. The molecule has 3 aromatic rings. The van der Waals surface area contributed by atoms with Crippen LogP contribution in [0.25, 0.3) is 6.08 Å². The zero-order valence-corrected chi connectivity index (χ0v) is 16.8. The minimum absolute atomic E-state index is 0.144. The number of nitrogens with one attached hydrogen (secondary N) is 1. The van der Waals surface area contributed by atoms with E-state index in [0.717, 1.165) is 5.75 Å². The minimum Gasteiger partial charge on any atom is -0.494 e. The van der Waals surface area contributed by atoms with Gasteiger partial charge in [-0.2, -0.15) is 0 Å². The third-order valence-electron chi connectivity index (χ3n) is 4.34. The van der Waals surface area contributed by atoms with Gasteiger partial charge in [0.25, 0.3) is 11.8 Å². The number of amides is 2. The zero-order valence-electron chi connectivity index (χ0n) is 16.8. The van der Waals surface area contributed by atoms with Crippen molar-refractivity contribution in [2.24, 2.45) is 0 Å². The second-order valence-electron chi connectivity index (χ2n) is 6.64. The second-order valence-corrected chi connectivity index (χ2v) is 6.64. The molecule has 1 aromatic heterocycles. The molecule has 0 aliphatic heterocycles. The Morgan fingerprint density at radius 1 is 1.00 bits per heavy atom. The van der Waals surface area contributed by atoms with E-state index in [1.165, 1.54) is 12.3 Å². The van der Waals surface area contributed by atoms with E-state index in [9.17, 15) is 9.59 Å². The number of hydrogen-bond donors (Lipinski definition) is 1. The first-order valence-electron chi connectivity index (χ1n) is 9.68. The number of hydrogen-bond acceptors (Lipinski definition) is 4. The number of nitrogens with zero attached hydrogens (tertiary/aromatic N) is 1. The maximum atomic E-state index is 13.0. The van der Waals surface area contributed by atoms with Crippen molar-refractivity contribution in [2.75, 3.05) is 20.2 Å². The normalized spacial score (nSPS) is 11.0. The molecule has 0 saturated carbocycles. The molecule has 0 fully saturated rings. The molecule has 6 heteroatoms. The van der Waals surface area contributed by atoms with Crippen molar-refractivity contribution >= 4 is 17.9 Å². The number of ether oxygens (including phenoxy) is 1. The summed E-state index contributed by atoms with van der Waals surface area (Å²) < 4.78 is 11.0. The van der Waals surface area contributed by atoms with Gasteiger partial charge >= 0.3 is 0 Å². The van der Waals surface area contributed by atoms with Crippen LogP contribution in [0.4, 0.5) is 0 Å². The summed E-state index contributed by atoms with van der Waals surface area (Å²) in [5.74, 6) is 0.602. The molecule has 6 nitrogen and oxygen atoms in total. The van der Waals surface area contributed by atoms with Crippen LogP contribution in [0.1, 0.15) is 22.5 Å². The number of carbonyl (C=O) groups is 2. The first-order valence-corrected chi connectivity index (χ1v) is 9.68. The Bertz CT molecular complexity index is 967. The van der Waals surface area contributed by atoms with Crippen molar-refractivity contribution in [3.05, 3.63) is 96.1 Å². The fourth-order valence-corrected chi connectivity index (χ4v) is 2.77. The fourth-order valence-electron chi connectivity index (χ4n) is 2.77. The summed E-state index contributed by atoms with van der Waals surface area (Å²) in [5.41, 5.74) is 0.611. The van der Waals surface area contributed by atoms with Gasteiger partial charge in [0.2, 0.25) is 0 Å². The molecule has 0 bridgehead atoms. The molecule has 0 aliphatic carbocycles. The Balaban J connectivity index is 1.61. The smallest absolute Gasteiger partial charge is 0.270 e. The molecule has 0 unspecified atom stereocenters. The standard InChI is InChI=1S/C24H24N2O4/c1-26(15-9-17-29-20-12-6-3-7-13-20)24(28)22(18-21-14-8-16-30-21)25-23(27)19-10-4-2-5-11-19/h2-8,10-14,16,18H,9,15,17H2,1H3,(H,25,27)/b22-18-. The van der Waals surface area contributed by atoms with Crippen molar-refractivity contribution in [1.29, 1.82) is 0 Å². The van der Waals surface area contributed by atoms with Gasteiger partial charge in [-0.15, -0.1) is 0 Å². The zero-order chi connectivity index (χ0) is 21.2. The van der Waals surface area contributed by atoms with Crippen LogP contribution in [-0.4, -0.2) is 36.9 Å². The van der Waals surface area contributed by atoms with Gasteiger partial charge in [0.05, 0.1) is 12.9 Å². The van der Waals surface area contributed by atoms with E-state index in [1.807, 2.05) is 36.4 Å². The lowest BCUT2D eigenvalue weighted by molar-refractivity contribution is -0.126. The molecule has 154 valence electrons. The number of benzene rings is 2. The Labute approximate surface area is 175 Å². The summed E-state index contributed by atoms with van der Waals surface area (Å²) in [7, 11) is 1.69. The van der Waals surface area contributed by atoms with Gasteiger partial charge in [0, 0.05) is 25.2 Å². The number of furan rings is 1. The highest BCUT2D eigenvalue weighted by Gasteiger charge is 2.18. The third kappa shape index (κ3) is 6.10. The van der Waals surface area contributed by atoms with Gasteiger partial charge in [-0.25, -0.2) is 0 Å². The van der Waals surface area contributed by atoms with Crippen molar-refractivity contribution in [3.8, 4) is 5.75 Å². The van der Waals surface area contributed by atoms with Crippen LogP contribution in [0, 0.1) is 0 Å². The van der Waals surface area contributed by atoms with Gasteiger partial charge in [-0.05, 0) is 42.8 Å². The second kappa shape index (κ2) is 10.7. The molecule has 0 atom stereocenters. The minimum atomic E-state index is -0.359. The molecule has 3 rings (SSSR count). The molecule has 0 radical (unpaired) electrons. The van der Waals surface area contributed by atoms with E-state index < -0.39 is 0 Å². The number of carbonyl (C=O) groups excluding carboxylic acids is 2. The average Bonchev–Trinajstić information content (AvgIpc) is 3.30.